The minimum absolute atomic E-state index is 0.295. The molecule has 136 valence electrons. The number of rotatable bonds is 14. The molecular formula is C18H38N3O2+. The first kappa shape index (κ1) is 21.9. The van der Waals surface area contributed by atoms with Crippen LogP contribution in [0, 0.1) is 5.41 Å². The molecule has 0 rings (SSSR count). The van der Waals surface area contributed by atoms with E-state index in [-0.39, 0.29) is 5.96 Å². The molecule has 4 N–H and O–H groups in total. The molecule has 0 aromatic heterocycles. The Morgan fingerprint density at radius 3 is 1.52 bits per heavy atom. The molecule has 1 atom stereocenters. The Balaban J connectivity index is 3.43. The van der Waals surface area contributed by atoms with Crippen molar-refractivity contribution in [3.8, 4) is 0 Å². The lowest BCUT2D eigenvalue weighted by molar-refractivity contribution is -0.747. The second-order valence-electron chi connectivity index (χ2n) is 6.83. The van der Waals surface area contributed by atoms with Gasteiger partial charge in [0.1, 0.15) is 0 Å². The van der Waals surface area contributed by atoms with Gasteiger partial charge in [0, 0.05) is 0 Å². The normalized spacial score (nSPS) is 13.7. The quantitative estimate of drug-likeness (QED) is 0.179. The molecule has 5 heteroatoms. The highest BCUT2D eigenvalue weighted by molar-refractivity contribution is 5.78. The van der Waals surface area contributed by atoms with Crippen LogP contribution >= 0.6 is 0 Å². The SMILES string of the molecule is CCCCCCCCCCCCCCC[N+](C)(C(=N)N)C(=O)O. The molecule has 0 bridgehead atoms. The molecule has 0 aliphatic heterocycles. The summed E-state index contributed by atoms with van der Waals surface area (Å²) in [7, 11) is 1.49. The zero-order valence-corrected chi connectivity index (χ0v) is 15.3. The van der Waals surface area contributed by atoms with Gasteiger partial charge in [0.2, 0.25) is 0 Å². The number of quaternary nitrogens is 1. The summed E-state index contributed by atoms with van der Waals surface area (Å²) in [5.41, 5.74) is 5.39. The lowest BCUT2D eigenvalue weighted by atomic mass is 10.0. The average Bonchev–Trinajstić information content (AvgIpc) is 2.51. The third-order valence-electron chi connectivity index (χ3n) is 4.66. The fourth-order valence-electron chi connectivity index (χ4n) is 2.76. The standard InChI is InChI=1S/C18H37N3O2/c1-3-4-5-6-7-8-9-10-11-12-13-14-15-16-21(2,17(19)20)18(22)23/h3-16H2,1-2H3,(H3-,19,20,22,23)/p+1. The number of carbonyl (C=O) groups is 1. The van der Waals surface area contributed by atoms with Gasteiger partial charge in [-0.2, -0.15) is 9.28 Å². The minimum Gasteiger partial charge on any atom is -0.435 e. The van der Waals surface area contributed by atoms with Crippen molar-refractivity contribution in [3.05, 3.63) is 0 Å². The second-order valence-corrected chi connectivity index (χ2v) is 6.83. The maximum absolute atomic E-state index is 11.2. The van der Waals surface area contributed by atoms with E-state index in [0.29, 0.717) is 6.54 Å². The van der Waals surface area contributed by atoms with E-state index in [0.717, 1.165) is 19.3 Å². The molecule has 1 unspecified atom stereocenters. The first-order chi connectivity index (χ1) is 10.9. The number of hydrogen-bond donors (Lipinski definition) is 3. The van der Waals surface area contributed by atoms with Crippen molar-refractivity contribution in [1.29, 1.82) is 5.41 Å². The average molecular weight is 329 g/mol. The van der Waals surface area contributed by atoms with Gasteiger partial charge in [-0.1, -0.05) is 77.6 Å². The minimum atomic E-state index is -1.04. The fraction of sp³-hybridized carbons (Fsp3) is 0.889. The van der Waals surface area contributed by atoms with Crippen LogP contribution in [0.15, 0.2) is 0 Å². The molecule has 5 nitrogen and oxygen atoms in total. The highest BCUT2D eigenvalue weighted by atomic mass is 16.4. The van der Waals surface area contributed by atoms with Crippen LogP contribution in [-0.4, -0.2) is 35.2 Å². The number of nitrogens with one attached hydrogen (secondary N) is 1. The van der Waals surface area contributed by atoms with Crippen molar-refractivity contribution in [3.63, 3.8) is 0 Å². The van der Waals surface area contributed by atoms with E-state index in [4.69, 9.17) is 16.2 Å². The Morgan fingerprint density at radius 2 is 1.22 bits per heavy atom. The Kier molecular flexibility index (Phi) is 12.7. The maximum atomic E-state index is 11.2. The summed E-state index contributed by atoms with van der Waals surface area (Å²) in [4.78, 5) is 11.2. The molecule has 0 saturated heterocycles. The summed E-state index contributed by atoms with van der Waals surface area (Å²) in [5.74, 6) is -0.295. The predicted octanol–water partition coefficient (Wildman–Crippen LogP) is 5.10. The Bertz CT molecular complexity index is 318. The van der Waals surface area contributed by atoms with Gasteiger partial charge in [0.05, 0.1) is 13.6 Å². The number of carboxylic acid groups (broad SMARTS) is 1. The van der Waals surface area contributed by atoms with Crippen LogP contribution in [0.5, 0.6) is 0 Å². The summed E-state index contributed by atoms with van der Waals surface area (Å²) in [5, 5.41) is 16.6. The van der Waals surface area contributed by atoms with Crippen molar-refractivity contribution < 1.29 is 14.4 Å². The first-order valence-electron chi connectivity index (χ1n) is 9.38. The molecule has 0 aliphatic rings. The van der Waals surface area contributed by atoms with Crippen LogP contribution in [0.2, 0.25) is 0 Å². The van der Waals surface area contributed by atoms with Crippen molar-refractivity contribution in [2.24, 2.45) is 5.73 Å². The van der Waals surface area contributed by atoms with Gasteiger partial charge in [0.25, 0.3) is 0 Å². The third-order valence-corrected chi connectivity index (χ3v) is 4.66. The molecule has 23 heavy (non-hydrogen) atoms. The first-order valence-corrected chi connectivity index (χ1v) is 9.38. The van der Waals surface area contributed by atoms with E-state index in [1.807, 2.05) is 0 Å². The lowest BCUT2D eigenvalue weighted by Crippen LogP contribution is -2.56. The zero-order valence-electron chi connectivity index (χ0n) is 15.3. The van der Waals surface area contributed by atoms with Crippen LogP contribution in [-0.2, 0) is 0 Å². The Morgan fingerprint density at radius 1 is 0.870 bits per heavy atom. The van der Waals surface area contributed by atoms with Crippen molar-refractivity contribution >= 4 is 12.1 Å². The van der Waals surface area contributed by atoms with Crippen LogP contribution in [0.4, 0.5) is 4.79 Å². The van der Waals surface area contributed by atoms with Crippen LogP contribution in [0.3, 0.4) is 0 Å². The molecule has 0 spiro atoms. The number of guanidine groups is 1. The van der Waals surface area contributed by atoms with Crippen molar-refractivity contribution in [2.45, 2.75) is 90.4 Å². The topological polar surface area (TPSA) is 87.2 Å². The number of nitrogens with zero attached hydrogens (tertiary/aromatic N) is 1. The molecule has 0 fully saturated rings. The Labute approximate surface area is 142 Å². The fourth-order valence-corrected chi connectivity index (χ4v) is 2.76. The summed E-state index contributed by atoms with van der Waals surface area (Å²) in [6.45, 7) is 2.66. The molecule has 0 radical (unpaired) electrons. The number of hydrogen-bond acceptors (Lipinski definition) is 2. The van der Waals surface area contributed by atoms with Crippen molar-refractivity contribution in [1.82, 2.24) is 0 Å². The van der Waals surface area contributed by atoms with E-state index in [1.165, 1.54) is 71.3 Å². The van der Waals surface area contributed by atoms with Gasteiger partial charge in [-0.25, -0.2) is 5.41 Å². The van der Waals surface area contributed by atoms with E-state index in [2.05, 4.69) is 6.92 Å². The van der Waals surface area contributed by atoms with E-state index < -0.39 is 10.6 Å². The van der Waals surface area contributed by atoms with Crippen LogP contribution in [0.25, 0.3) is 0 Å². The van der Waals surface area contributed by atoms with Gasteiger partial charge in [-0.05, 0) is 12.8 Å². The van der Waals surface area contributed by atoms with Crippen LogP contribution < -0.4 is 5.73 Å². The number of amides is 1. The van der Waals surface area contributed by atoms with E-state index >= 15 is 0 Å². The highest BCUT2D eigenvalue weighted by Gasteiger charge is 2.35. The lowest BCUT2D eigenvalue weighted by Gasteiger charge is -2.24. The summed E-state index contributed by atoms with van der Waals surface area (Å²) in [6.07, 6.45) is 15.4. The monoisotopic (exact) mass is 328 g/mol. The zero-order chi connectivity index (χ0) is 17.6. The third kappa shape index (κ3) is 10.3. The summed E-state index contributed by atoms with van der Waals surface area (Å²) >= 11 is 0. The van der Waals surface area contributed by atoms with Gasteiger partial charge in [-0.3, -0.25) is 0 Å². The largest absolute Gasteiger partial charge is 0.521 e. The summed E-state index contributed by atoms with van der Waals surface area (Å²) < 4.78 is -0.488. The molecule has 0 aromatic rings. The van der Waals surface area contributed by atoms with E-state index in [9.17, 15) is 4.79 Å². The number of unbranched alkanes of at least 4 members (excludes halogenated alkanes) is 12. The van der Waals surface area contributed by atoms with Crippen molar-refractivity contribution in [2.75, 3.05) is 13.6 Å². The van der Waals surface area contributed by atoms with Gasteiger partial charge in [0.15, 0.2) is 0 Å². The molecule has 1 amide bonds. The molecule has 0 aliphatic carbocycles. The predicted molar refractivity (Wildman–Crippen MR) is 96.7 cm³/mol. The van der Waals surface area contributed by atoms with Gasteiger partial charge < -0.3 is 10.8 Å². The number of nitrogens with two attached hydrogens (primary N) is 1. The van der Waals surface area contributed by atoms with E-state index in [1.54, 1.807) is 0 Å². The molecular weight excluding hydrogens is 290 g/mol. The Hall–Kier alpha value is -1.10. The molecule has 0 heterocycles. The highest BCUT2D eigenvalue weighted by Crippen LogP contribution is 2.13. The van der Waals surface area contributed by atoms with Gasteiger partial charge in [-0.15, -0.1) is 0 Å². The second kappa shape index (κ2) is 13.3. The van der Waals surface area contributed by atoms with Gasteiger partial charge >= 0.3 is 12.1 Å². The molecule has 0 aromatic carbocycles. The van der Waals surface area contributed by atoms with Crippen LogP contribution in [0.1, 0.15) is 90.4 Å². The summed E-state index contributed by atoms with van der Waals surface area (Å²) in [6, 6.07) is 0. The molecule has 0 saturated carbocycles. The smallest absolute Gasteiger partial charge is 0.435 e. The maximum Gasteiger partial charge on any atom is 0.521 e.